The minimum Gasteiger partial charge on any atom is -0.481 e. The highest BCUT2D eigenvalue weighted by molar-refractivity contribution is 7.98. The first-order chi connectivity index (χ1) is 14.8. The molecule has 31 heavy (non-hydrogen) atoms. The van der Waals surface area contributed by atoms with Crippen molar-refractivity contribution in [3.63, 3.8) is 0 Å². The van der Waals surface area contributed by atoms with Crippen molar-refractivity contribution in [2.24, 2.45) is 0 Å². The lowest BCUT2D eigenvalue weighted by molar-refractivity contribution is -0.122. The van der Waals surface area contributed by atoms with Gasteiger partial charge in [0.25, 0.3) is 5.91 Å². The second-order valence-corrected chi connectivity index (χ2v) is 9.63. The van der Waals surface area contributed by atoms with Gasteiger partial charge in [0, 0.05) is 16.3 Å². The molecular weight excluding hydrogens is 402 g/mol. The van der Waals surface area contributed by atoms with Gasteiger partial charge in [-0.3, -0.25) is 4.79 Å². The Labute approximate surface area is 190 Å². The summed E-state index contributed by atoms with van der Waals surface area (Å²) in [7, 11) is 0. The molecule has 3 nitrogen and oxygen atoms in total. The third kappa shape index (κ3) is 6.90. The number of ether oxygens (including phenoxy) is 1. The third-order valence-electron chi connectivity index (χ3n) is 5.03. The summed E-state index contributed by atoms with van der Waals surface area (Å²) in [5.74, 6) is 1.47. The molecule has 0 spiro atoms. The third-order valence-corrected chi connectivity index (χ3v) is 6.12. The topological polar surface area (TPSA) is 38.3 Å². The Morgan fingerprint density at radius 2 is 1.58 bits per heavy atom. The molecule has 0 aromatic heterocycles. The summed E-state index contributed by atoms with van der Waals surface area (Å²) in [6.45, 7) is 8.49. The summed E-state index contributed by atoms with van der Waals surface area (Å²) in [5, 5.41) is 2.98. The largest absolute Gasteiger partial charge is 0.481 e. The molecule has 0 aliphatic carbocycles. The maximum absolute atomic E-state index is 12.7. The molecule has 3 rings (SSSR count). The van der Waals surface area contributed by atoms with E-state index in [4.69, 9.17) is 4.74 Å². The Morgan fingerprint density at radius 1 is 0.935 bits per heavy atom. The van der Waals surface area contributed by atoms with Gasteiger partial charge in [0.2, 0.25) is 0 Å². The van der Waals surface area contributed by atoms with Crippen LogP contribution in [-0.4, -0.2) is 12.0 Å². The highest BCUT2D eigenvalue weighted by Gasteiger charge is 2.19. The number of hydrogen-bond donors (Lipinski definition) is 1. The van der Waals surface area contributed by atoms with Gasteiger partial charge in [-0.2, -0.15) is 0 Å². The van der Waals surface area contributed by atoms with Crippen molar-refractivity contribution in [1.82, 2.24) is 0 Å². The van der Waals surface area contributed by atoms with E-state index in [2.05, 4.69) is 62.5 Å². The minimum atomic E-state index is -0.534. The van der Waals surface area contributed by atoms with Gasteiger partial charge >= 0.3 is 0 Å². The predicted octanol–water partition coefficient (Wildman–Crippen LogP) is 7.07. The molecule has 0 unspecified atom stereocenters. The number of anilines is 1. The molecule has 1 amide bonds. The molecule has 1 atom stereocenters. The first-order valence-corrected chi connectivity index (χ1v) is 11.7. The second-order valence-electron chi connectivity index (χ2n) is 8.58. The first kappa shape index (κ1) is 23.0. The van der Waals surface area contributed by atoms with E-state index in [0.29, 0.717) is 12.2 Å². The van der Waals surface area contributed by atoms with E-state index in [1.807, 2.05) is 49.4 Å². The van der Waals surface area contributed by atoms with Gasteiger partial charge in [-0.25, -0.2) is 0 Å². The van der Waals surface area contributed by atoms with Gasteiger partial charge < -0.3 is 10.1 Å². The normalized spacial score (nSPS) is 12.3. The molecule has 0 aliphatic rings. The van der Waals surface area contributed by atoms with Crippen molar-refractivity contribution in [3.8, 4) is 5.75 Å². The number of amides is 1. The molecular formula is C27H31NO2S. The average Bonchev–Trinajstić information content (AvgIpc) is 2.77. The Morgan fingerprint density at radius 3 is 2.16 bits per heavy atom. The summed E-state index contributed by atoms with van der Waals surface area (Å²) >= 11 is 1.80. The van der Waals surface area contributed by atoms with Crippen LogP contribution in [0.25, 0.3) is 0 Å². The molecule has 162 valence electrons. The molecule has 0 radical (unpaired) electrons. The fraction of sp³-hybridized carbons (Fsp3) is 0.296. The Hall–Kier alpha value is -2.72. The lowest BCUT2D eigenvalue weighted by Gasteiger charge is -2.21. The van der Waals surface area contributed by atoms with Crippen LogP contribution < -0.4 is 10.1 Å². The molecule has 0 saturated carbocycles. The smallest absolute Gasteiger partial charge is 0.265 e. The molecule has 3 aromatic rings. The summed E-state index contributed by atoms with van der Waals surface area (Å²) in [5.41, 5.74) is 3.33. The number of benzene rings is 3. The maximum atomic E-state index is 12.7. The molecule has 3 aromatic carbocycles. The summed E-state index contributed by atoms with van der Waals surface area (Å²) < 4.78 is 5.96. The minimum absolute atomic E-state index is 0.0891. The van der Waals surface area contributed by atoms with Crippen molar-refractivity contribution >= 4 is 23.4 Å². The quantitative estimate of drug-likeness (QED) is 0.386. The van der Waals surface area contributed by atoms with Crippen LogP contribution in [0.1, 0.15) is 45.2 Å². The number of rotatable bonds is 8. The lowest BCUT2D eigenvalue weighted by atomic mass is 9.87. The zero-order chi connectivity index (χ0) is 22.3. The monoisotopic (exact) mass is 433 g/mol. The molecule has 0 bridgehead atoms. The Kier molecular flexibility index (Phi) is 7.80. The van der Waals surface area contributed by atoms with Gasteiger partial charge in [-0.1, -0.05) is 70.2 Å². The van der Waals surface area contributed by atoms with Gasteiger partial charge in [0.1, 0.15) is 5.75 Å². The zero-order valence-corrected chi connectivity index (χ0v) is 19.5. The van der Waals surface area contributed by atoms with Crippen LogP contribution in [0, 0.1) is 0 Å². The second kappa shape index (κ2) is 10.5. The van der Waals surface area contributed by atoms with Crippen molar-refractivity contribution in [3.05, 3.63) is 90.0 Å². The summed E-state index contributed by atoms with van der Waals surface area (Å²) in [6, 6.07) is 26.4. The Balaban J connectivity index is 1.55. The molecule has 4 heteroatoms. The van der Waals surface area contributed by atoms with E-state index in [1.54, 1.807) is 11.8 Å². The van der Waals surface area contributed by atoms with E-state index in [-0.39, 0.29) is 11.3 Å². The van der Waals surface area contributed by atoms with Gasteiger partial charge in [0.05, 0.1) is 0 Å². The standard InChI is InChI=1S/C27H31NO2S/c1-5-25(30-23-17-13-21(14-18-23)27(2,3)4)26(29)28-22-15-11-20(12-16-22)19-31-24-9-7-6-8-10-24/h6-18,25H,5,19H2,1-4H3,(H,28,29)/t25-/m1/s1. The fourth-order valence-corrected chi connectivity index (χ4v) is 3.99. The van der Waals surface area contributed by atoms with E-state index in [1.165, 1.54) is 16.0 Å². The van der Waals surface area contributed by atoms with Crippen LogP contribution in [0.5, 0.6) is 5.75 Å². The fourth-order valence-electron chi connectivity index (χ4n) is 3.11. The first-order valence-electron chi connectivity index (χ1n) is 10.7. The van der Waals surface area contributed by atoms with Crippen LogP contribution >= 0.6 is 11.8 Å². The van der Waals surface area contributed by atoms with Gasteiger partial charge in [0.15, 0.2) is 6.10 Å². The number of nitrogens with one attached hydrogen (secondary N) is 1. The van der Waals surface area contributed by atoms with E-state index >= 15 is 0 Å². The molecule has 0 aliphatic heterocycles. The van der Waals surface area contributed by atoms with E-state index in [9.17, 15) is 4.79 Å². The van der Waals surface area contributed by atoms with Crippen LogP contribution in [0.3, 0.4) is 0 Å². The summed E-state index contributed by atoms with van der Waals surface area (Å²) in [6.07, 6.45) is 0.0624. The van der Waals surface area contributed by atoms with Crippen molar-refractivity contribution in [1.29, 1.82) is 0 Å². The average molecular weight is 434 g/mol. The highest BCUT2D eigenvalue weighted by Crippen LogP contribution is 2.26. The SMILES string of the molecule is CC[C@@H](Oc1ccc(C(C)(C)C)cc1)C(=O)Nc1ccc(CSc2ccccc2)cc1. The van der Waals surface area contributed by atoms with E-state index < -0.39 is 6.10 Å². The lowest BCUT2D eigenvalue weighted by Crippen LogP contribution is -2.32. The van der Waals surface area contributed by atoms with Gasteiger partial charge in [-0.05, 0) is 59.4 Å². The highest BCUT2D eigenvalue weighted by atomic mass is 32.2. The molecule has 0 saturated heterocycles. The molecule has 1 N–H and O–H groups in total. The van der Waals surface area contributed by atoms with Crippen molar-refractivity contribution in [2.45, 2.75) is 56.3 Å². The van der Waals surface area contributed by atoms with Crippen LogP contribution in [-0.2, 0) is 16.0 Å². The number of hydrogen-bond acceptors (Lipinski definition) is 3. The van der Waals surface area contributed by atoms with E-state index in [0.717, 1.165) is 11.4 Å². The molecule has 0 fully saturated rings. The zero-order valence-electron chi connectivity index (χ0n) is 18.7. The van der Waals surface area contributed by atoms with Crippen molar-refractivity contribution in [2.75, 3.05) is 5.32 Å². The number of carbonyl (C=O) groups is 1. The predicted molar refractivity (Wildman–Crippen MR) is 131 cm³/mol. The van der Waals surface area contributed by atoms with Crippen LogP contribution in [0.4, 0.5) is 5.69 Å². The maximum Gasteiger partial charge on any atom is 0.265 e. The van der Waals surface area contributed by atoms with Crippen molar-refractivity contribution < 1.29 is 9.53 Å². The number of thioether (sulfide) groups is 1. The number of carbonyl (C=O) groups excluding carboxylic acids is 1. The van der Waals surface area contributed by atoms with Gasteiger partial charge in [-0.15, -0.1) is 11.8 Å². The van der Waals surface area contributed by atoms with Crippen LogP contribution in [0.2, 0.25) is 0 Å². The Bertz CT molecular complexity index is 961. The van der Waals surface area contributed by atoms with Crippen LogP contribution in [0.15, 0.2) is 83.8 Å². The molecule has 0 heterocycles. The summed E-state index contributed by atoms with van der Waals surface area (Å²) in [4.78, 5) is 14.0.